The first kappa shape index (κ1) is 17.8. The molecule has 0 spiro atoms. The number of fused-ring (bicyclic) bond motifs is 2. The van der Waals surface area contributed by atoms with Crippen LogP contribution in [0.25, 0.3) is 0 Å². The molecule has 27 heavy (non-hydrogen) atoms. The van der Waals surface area contributed by atoms with Crippen molar-refractivity contribution in [3.05, 3.63) is 63.5 Å². The Balaban J connectivity index is 1.99. The van der Waals surface area contributed by atoms with Crippen molar-refractivity contribution >= 4 is 24.2 Å². The highest BCUT2D eigenvalue weighted by molar-refractivity contribution is 7.80. The summed E-state index contributed by atoms with van der Waals surface area (Å²) in [7, 11) is 0. The first-order chi connectivity index (χ1) is 12.8. The molecule has 1 unspecified atom stereocenters. The zero-order chi connectivity index (χ0) is 19.5. The molecule has 2 aliphatic carbocycles. The maximum atomic E-state index is 14.4. The van der Waals surface area contributed by atoms with E-state index in [0.29, 0.717) is 16.0 Å². The smallest absolute Gasteiger partial charge is 0.198 e. The van der Waals surface area contributed by atoms with Crippen molar-refractivity contribution in [2.24, 2.45) is 0 Å². The number of thiol groups is 1. The SMILES string of the molecule is N#Cc1cc(F)cc2c1[C@@H](c1ccc(S)c3c1CC(F)C3=O)C[C@H](F)C2=O. The molecule has 0 saturated heterocycles. The zero-order valence-electron chi connectivity index (χ0n) is 13.8. The van der Waals surface area contributed by atoms with E-state index in [1.165, 1.54) is 6.07 Å². The number of ketones is 2. The molecule has 0 radical (unpaired) electrons. The summed E-state index contributed by atoms with van der Waals surface area (Å²) in [6.45, 7) is 0. The zero-order valence-corrected chi connectivity index (χ0v) is 14.7. The molecule has 3 atom stereocenters. The highest BCUT2D eigenvalue weighted by Crippen LogP contribution is 2.44. The number of rotatable bonds is 1. The van der Waals surface area contributed by atoms with Gasteiger partial charge in [0.15, 0.2) is 23.9 Å². The van der Waals surface area contributed by atoms with Gasteiger partial charge in [0.25, 0.3) is 0 Å². The molecule has 3 nitrogen and oxygen atoms in total. The van der Waals surface area contributed by atoms with E-state index in [0.717, 1.165) is 12.1 Å². The van der Waals surface area contributed by atoms with Gasteiger partial charge in [0.05, 0.1) is 11.6 Å². The molecule has 0 aliphatic heterocycles. The molecule has 7 heteroatoms. The summed E-state index contributed by atoms with van der Waals surface area (Å²) in [5, 5.41) is 9.41. The van der Waals surface area contributed by atoms with E-state index in [2.05, 4.69) is 12.6 Å². The number of Topliss-reactive ketones (excluding diaryl/α,β-unsaturated/α-hetero) is 2. The number of benzene rings is 2. The lowest BCUT2D eigenvalue weighted by molar-refractivity contribution is 0.0847. The summed E-state index contributed by atoms with van der Waals surface area (Å²) in [6, 6.07) is 6.90. The second-order valence-electron chi connectivity index (χ2n) is 6.71. The van der Waals surface area contributed by atoms with Crippen LogP contribution < -0.4 is 0 Å². The van der Waals surface area contributed by atoms with Crippen LogP contribution in [0.1, 0.15) is 55.3 Å². The number of nitrogens with zero attached hydrogens (tertiary/aromatic N) is 1. The quantitative estimate of drug-likeness (QED) is 0.749. The predicted molar refractivity (Wildman–Crippen MR) is 93.4 cm³/mol. The Morgan fingerprint density at radius 2 is 1.85 bits per heavy atom. The topological polar surface area (TPSA) is 57.9 Å². The minimum Gasteiger partial charge on any atom is -0.291 e. The van der Waals surface area contributed by atoms with Crippen molar-refractivity contribution in [2.45, 2.75) is 36.0 Å². The van der Waals surface area contributed by atoms with Gasteiger partial charge in [-0.15, -0.1) is 12.6 Å². The highest BCUT2D eigenvalue weighted by atomic mass is 32.1. The summed E-state index contributed by atoms with van der Waals surface area (Å²) in [4.78, 5) is 24.7. The third kappa shape index (κ3) is 2.59. The van der Waals surface area contributed by atoms with E-state index in [-0.39, 0.29) is 35.1 Å². The lowest BCUT2D eigenvalue weighted by Gasteiger charge is -2.29. The van der Waals surface area contributed by atoms with Crippen LogP contribution in [0.3, 0.4) is 0 Å². The first-order valence-electron chi connectivity index (χ1n) is 8.28. The molecule has 0 N–H and O–H groups in total. The Kier molecular flexibility index (Phi) is 4.11. The predicted octanol–water partition coefficient (Wildman–Crippen LogP) is 4.12. The molecular formula is C20H12F3NO2S. The monoisotopic (exact) mass is 387 g/mol. The van der Waals surface area contributed by atoms with Crippen LogP contribution in [0, 0.1) is 17.1 Å². The number of nitriles is 1. The number of carbonyl (C=O) groups excluding carboxylic acids is 2. The van der Waals surface area contributed by atoms with Gasteiger partial charge >= 0.3 is 0 Å². The minimum atomic E-state index is -1.87. The van der Waals surface area contributed by atoms with Crippen molar-refractivity contribution in [1.29, 1.82) is 5.26 Å². The normalized spacial score (nSPS) is 23.7. The van der Waals surface area contributed by atoms with Gasteiger partial charge in [0.2, 0.25) is 0 Å². The number of hydrogen-bond acceptors (Lipinski definition) is 4. The number of alkyl halides is 2. The van der Waals surface area contributed by atoms with Crippen molar-refractivity contribution in [1.82, 2.24) is 0 Å². The van der Waals surface area contributed by atoms with Crippen LogP contribution in [0.2, 0.25) is 0 Å². The summed E-state index contributed by atoms with van der Waals surface area (Å²) in [6.07, 6.45) is -4.00. The van der Waals surface area contributed by atoms with E-state index < -0.39 is 35.6 Å². The van der Waals surface area contributed by atoms with E-state index in [1.54, 1.807) is 6.07 Å². The van der Waals surface area contributed by atoms with Crippen molar-refractivity contribution in [3.8, 4) is 6.07 Å². The summed E-state index contributed by atoms with van der Waals surface area (Å²) in [5.74, 6) is -3.12. The van der Waals surface area contributed by atoms with Gasteiger partial charge < -0.3 is 0 Å². The van der Waals surface area contributed by atoms with Gasteiger partial charge in [-0.1, -0.05) is 6.07 Å². The molecule has 0 amide bonds. The second-order valence-corrected chi connectivity index (χ2v) is 7.19. The fourth-order valence-electron chi connectivity index (χ4n) is 4.07. The lowest BCUT2D eigenvalue weighted by atomic mass is 9.74. The average molecular weight is 387 g/mol. The van der Waals surface area contributed by atoms with Crippen molar-refractivity contribution < 1.29 is 22.8 Å². The molecule has 0 bridgehead atoms. The standard InChI is InChI=1S/C20H12F3NO2S/c21-9-3-8(7-24)17-11(5-14(22)19(25)13(17)4-9)10-1-2-16(27)18-12(10)6-15(23)20(18)26/h1-4,11,14-15,27H,5-6H2/t11-,14+,15?/m1/s1. The Morgan fingerprint density at radius 3 is 2.56 bits per heavy atom. The molecule has 0 heterocycles. The van der Waals surface area contributed by atoms with Crippen LogP contribution in [0.15, 0.2) is 29.2 Å². The molecule has 2 aromatic rings. The third-order valence-corrected chi connectivity index (χ3v) is 5.60. The Morgan fingerprint density at radius 1 is 1.11 bits per heavy atom. The minimum absolute atomic E-state index is 0.0694. The molecule has 4 rings (SSSR count). The second kappa shape index (κ2) is 6.24. The molecule has 0 saturated carbocycles. The Bertz CT molecular complexity index is 1060. The molecule has 0 aromatic heterocycles. The summed E-state index contributed by atoms with van der Waals surface area (Å²) < 4.78 is 42.3. The fourth-order valence-corrected chi connectivity index (χ4v) is 4.39. The van der Waals surface area contributed by atoms with Crippen LogP contribution in [-0.2, 0) is 6.42 Å². The number of hydrogen-bond donors (Lipinski definition) is 1. The molecule has 136 valence electrons. The largest absolute Gasteiger partial charge is 0.291 e. The average Bonchev–Trinajstić information content (AvgIpc) is 2.94. The van der Waals surface area contributed by atoms with Gasteiger partial charge in [0, 0.05) is 28.4 Å². The van der Waals surface area contributed by atoms with Crippen molar-refractivity contribution in [2.75, 3.05) is 0 Å². The number of carbonyl (C=O) groups is 2. The van der Waals surface area contributed by atoms with Crippen molar-refractivity contribution in [3.63, 3.8) is 0 Å². The van der Waals surface area contributed by atoms with Crippen LogP contribution in [-0.4, -0.2) is 23.9 Å². The van der Waals surface area contributed by atoms with Gasteiger partial charge in [-0.3, -0.25) is 9.59 Å². The van der Waals surface area contributed by atoms with E-state index >= 15 is 0 Å². The van der Waals surface area contributed by atoms with E-state index in [1.807, 2.05) is 6.07 Å². The van der Waals surface area contributed by atoms with E-state index in [9.17, 15) is 28.0 Å². The van der Waals surface area contributed by atoms with Gasteiger partial charge in [0.1, 0.15) is 5.82 Å². The maximum absolute atomic E-state index is 14.4. The molecule has 2 aliphatic rings. The van der Waals surface area contributed by atoms with Gasteiger partial charge in [-0.05, 0) is 41.3 Å². The van der Waals surface area contributed by atoms with Gasteiger partial charge in [-0.25, -0.2) is 13.2 Å². The number of halogens is 3. The third-order valence-electron chi connectivity index (χ3n) is 5.22. The Hall–Kier alpha value is -2.59. The molecular weight excluding hydrogens is 375 g/mol. The molecule has 0 fully saturated rings. The van der Waals surface area contributed by atoms with Crippen LogP contribution in [0.4, 0.5) is 13.2 Å². The van der Waals surface area contributed by atoms with E-state index in [4.69, 9.17) is 0 Å². The highest BCUT2D eigenvalue weighted by Gasteiger charge is 2.41. The summed E-state index contributed by atoms with van der Waals surface area (Å²) in [5.41, 5.74) is 1.00. The maximum Gasteiger partial charge on any atom is 0.198 e. The van der Waals surface area contributed by atoms with Crippen LogP contribution in [0.5, 0.6) is 0 Å². The fraction of sp³-hybridized carbons (Fsp3) is 0.250. The van der Waals surface area contributed by atoms with Crippen LogP contribution >= 0.6 is 12.6 Å². The lowest BCUT2D eigenvalue weighted by Crippen LogP contribution is -2.29. The Labute approximate surface area is 158 Å². The molecule has 2 aromatic carbocycles. The summed E-state index contributed by atoms with van der Waals surface area (Å²) >= 11 is 4.22. The van der Waals surface area contributed by atoms with Gasteiger partial charge in [-0.2, -0.15) is 5.26 Å². The first-order valence-corrected chi connectivity index (χ1v) is 8.73.